The van der Waals surface area contributed by atoms with Crippen molar-refractivity contribution in [2.45, 2.75) is 39.2 Å². The van der Waals surface area contributed by atoms with Gasteiger partial charge in [0.05, 0.1) is 0 Å². The summed E-state index contributed by atoms with van der Waals surface area (Å²) in [6.45, 7) is 5.18. The van der Waals surface area contributed by atoms with Gasteiger partial charge in [-0.15, -0.1) is 0 Å². The number of rotatable bonds is 7. The summed E-state index contributed by atoms with van der Waals surface area (Å²) in [7, 11) is 1.67. The van der Waals surface area contributed by atoms with Gasteiger partial charge in [-0.2, -0.15) is 0 Å². The minimum absolute atomic E-state index is 0.108. The molecule has 0 fully saturated rings. The van der Waals surface area contributed by atoms with Gasteiger partial charge >= 0.3 is 0 Å². The van der Waals surface area contributed by atoms with Gasteiger partial charge in [-0.05, 0) is 37.4 Å². The van der Waals surface area contributed by atoms with Crippen molar-refractivity contribution in [1.29, 1.82) is 0 Å². The van der Waals surface area contributed by atoms with Crippen LogP contribution < -0.4 is 10.6 Å². The molecular weight excluding hydrogens is 224 g/mol. The molecule has 1 rings (SSSR count). The zero-order chi connectivity index (χ0) is 13.4. The predicted octanol–water partition coefficient (Wildman–Crippen LogP) is 2.43. The standard InChI is InChI=1S/C15H24N2O/c1-4-13-7-9-14(10-8-13)12(2)17-11-5-6-15(18)16-3/h7-10,12,17H,4-6,11H2,1-3H3,(H,16,18). The molecule has 2 N–H and O–H groups in total. The van der Waals surface area contributed by atoms with Crippen LogP contribution in [-0.4, -0.2) is 19.5 Å². The molecule has 0 saturated carbocycles. The van der Waals surface area contributed by atoms with Gasteiger partial charge in [-0.1, -0.05) is 31.2 Å². The van der Waals surface area contributed by atoms with Crippen LogP contribution in [0.25, 0.3) is 0 Å². The van der Waals surface area contributed by atoms with Crippen LogP contribution in [0.1, 0.15) is 43.9 Å². The first kappa shape index (κ1) is 14.7. The molecule has 0 aliphatic heterocycles. The lowest BCUT2D eigenvalue weighted by atomic mass is 10.0. The fourth-order valence-electron chi connectivity index (χ4n) is 1.85. The maximum atomic E-state index is 11.1. The minimum atomic E-state index is 0.108. The second kappa shape index (κ2) is 7.88. The Kier molecular flexibility index (Phi) is 6.44. The Labute approximate surface area is 110 Å². The molecular formula is C15H24N2O. The lowest BCUT2D eigenvalue weighted by Crippen LogP contribution is -2.23. The topological polar surface area (TPSA) is 41.1 Å². The highest BCUT2D eigenvalue weighted by atomic mass is 16.1. The average Bonchev–Trinajstić information content (AvgIpc) is 2.43. The zero-order valence-corrected chi connectivity index (χ0v) is 11.6. The average molecular weight is 248 g/mol. The SMILES string of the molecule is CCc1ccc(C(C)NCCCC(=O)NC)cc1. The lowest BCUT2D eigenvalue weighted by Gasteiger charge is -2.14. The highest BCUT2D eigenvalue weighted by Gasteiger charge is 2.04. The third kappa shape index (κ3) is 4.88. The van der Waals surface area contributed by atoms with Crippen LogP contribution in [0.4, 0.5) is 0 Å². The van der Waals surface area contributed by atoms with E-state index in [1.54, 1.807) is 7.05 Å². The fourth-order valence-corrected chi connectivity index (χ4v) is 1.85. The van der Waals surface area contributed by atoms with Gasteiger partial charge in [0.25, 0.3) is 0 Å². The van der Waals surface area contributed by atoms with Crippen LogP contribution >= 0.6 is 0 Å². The monoisotopic (exact) mass is 248 g/mol. The molecule has 100 valence electrons. The largest absolute Gasteiger partial charge is 0.359 e. The number of hydrogen-bond donors (Lipinski definition) is 2. The number of benzene rings is 1. The van der Waals surface area contributed by atoms with Crippen LogP contribution in [0, 0.1) is 0 Å². The van der Waals surface area contributed by atoms with Crippen LogP contribution in [0.15, 0.2) is 24.3 Å². The molecule has 1 atom stereocenters. The zero-order valence-electron chi connectivity index (χ0n) is 11.6. The smallest absolute Gasteiger partial charge is 0.219 e. The molecule has 0 bridgehead atoms. The van der Waals surface area contributed by atoms with Gasteiger partial charge < -0.3 is 10.6 Å². The first-order valence-electron chi connectivity index (χ1n) is 6.70. The van der Waals surface area contributed by atoms with Crippen LogP contribution in [0.3, 0.4) is 0 Å². The fraction of sp³-hybridized carbons (Fsp3) is 0.533. The van der Waals surface area contributed by atoms with E-state index in [-0.39, 0.29) is 5.91 Å². The predicted molar refractivity (Wildman–Crippen MR) is 75.5 cm³/mol. The summed E-state index contributed by atoms with van der Waals surface area (Å²) < 4.78 is 0. The van der Waals surface area contributed by atoms with E-state index in [0.717, 1.165) is 19.4 Å². The van der Waals surface area contributed by atoms with Crippen LogP contribution in [0.2, 0.25) is 0 Å². The van der Waals surface area contributed by atoms with E-state index in [9.17, 15) is 4.79 Å². The Hall–Kier alpha value is -1.35. The van der Waals surface area contributed by atoms with Crippen LogP contribution in [-0.2, 0) is 11.2 Å². The molecule has 1 amide bonds. The van der Waals surface area contributed by atoms with Crippen molar-refractivity contribution < 1.29 is 4.79 Å². The van der Waals surface area contributed by atoms with Gasteiger partial charge in [0.2, 0.25) is 5.91 Å². The van der Waals surface area contributed by atoms with Crippen molar-refractivity contribution in [3.63, 3.8) is 0 Å². The molecule has 0 aliphatic rings. The van der Waals surface area contributed by atoms with Crippen LogP contribution in [0.5, 0.6) is 0 Å². The third-order valence-corrected chi connectivity index (χ3v) is 3.20. The van der Waals surface area contributed by atoms with Crippen molar-refractivity contribution in [1.82, 2.24) is 10.6 Å². The molecule has 3 nitrogen and oxygen atoms in total. The quantitative estimate of drug-likeness (QED) is 0.728. The van der Waals surface area contributed by atoms with E-state index in [2.05, 4.69) is 48.7 Å². The van der Waals surface area contributed by atoms with Gasteiger partial charge in [0.1, 0.15) is 0 Å². The molecule has 1 aromatic rings. The summed E-state index contributed by atoms with van der Waals surface area (Å²) in [6.07, 6.45) is 2.54. The van der Waals surface area contributed by atoms with E-state index >= 15 is 0 Å². The van der Waals surface area contributed by atoms with E-state index in [1.165, 1.54) is 11.1 Å². The molecule has 0 spiro atoms. The number of amides is 1. The summed E-state index contributed by atoms with van der Waals surface area (Å²) in [4.78, 5) is 11.1. The summed E-state index contributed by atoms with van der Waals surface area (Å²) >= 11 is 0. The van der Waals surface area contributed by atoms with E-state index in [0.29, 0.717) is 12.5 Å². The van der Waals surface area contributed by atoms with Crippen molar-refractivity contribution in [2.75, 3.05) is 13.6 Å². The van der Waals surface area contributed by atoms with Crippen molar-refractivity contribution >= 4 is 5.91 Å². The molecule has 1 unspecified atom stereocenters. The molecule has 0 saturated heterocycles. The number of carbonyl (C=O) groups excluding carboxylic acids is 1. The number of carbonyl (C=O) groups is 1. The number of aryl methyl sites for hydroxylation is 1. The Morgan fingerprint density at radius 2 is 1.94 bits per heavy atom. The van der Waals surface area contributed by atoms with E-state index < -0.39 is 0 Å². The first-order chi connectivity index (χ1) is 8.67. The summed E-state index contributed by atoms with van der Waals surface area (Å²) in [5, 5.41) is 6.07. The van der Waals surface area contributed by atoms with Crippen molar-refractivity contribution in [2.24, 2.45) is 0 Å². The second-order valence-corrected chi connectivity index (χ2v) is 4.55. The van der Waals surface area contributed by atoms with Gasteiger partial charge in [0, 0.05) is 19.5 Å². The Morgan fingerprint density at radius 3 is 2.50 bits per heavy atom. The summed E-state index contributed by atoms with van der Waals surface area (Å²) in [6, 6.07) is 9.04. The molecule has 18 heavy (non-hydrogen) atoms. The molecule has 0 aliphatic carbocycles. The Morgan fingerprint density at radius 1 is 1.28 bits per heavy atom. The molecule has 3 heteroatoms. The van der Waals surface area contributed by atoms with E-state index in [1.807, 2.05) is 0 Å². The Balaban J connectivity index is 2.31. The normalized spacial score (nSPS) is 12.2. The highest BCUT2D eigenvalue weighted by molar-refractivity contribution is 5.75. The lowest BCUT2D eigenvalue weighted by molar-refractivity contribution is -0.120. The van der Waals surface area contributed by atoms with Gasteiger partial charge in [0.15, 0.2) is 0 Å². The van der Waals surface area contributed by atoms with Gasteiger partial charge in [-0.25, -0.2) is 0 Å². The molecule has 0 heterocycles. The third-order valence-electron chi connectivity index (χ3n) is 3.20. The molecule has 0 radical (unpaired) electrons. The maximum Gasteiger partial charge on any atom is 0.219 e. The summed E-state index contributed by atoms with van der Waals surface area (Å²) in [5.41, 5.74) is 2.66. The maximum absolute atomic E-state index is 11.1. The van der Waals surface area contributed by atoms with E-state index in [4.69, 9.17) is 0 Å². The minimum Gasteiger partial charge on any atom is -0.359 e. The first-order valence-corrected chi connectivity index (χ1v) is 6.70. The van der Waals surface area contributed by atoms with Crippen molar-refractivity contribution in [3.8, 4) is 0 Å². The van der Waals surface area contributed by atoms with Gasteiger partial charge in [-0.3, -0.25) is 4.79 Å². The molecule has 0 aromatic heterocycles. The highest BCUT2D eigenvalue weighted by Crippen LogP contribution is 2.13. The Bertz CT molecular complexity index is 359. The summed E-state index contributed by atoms with van der Waals surface area (Å²) in [5.74, 6) is 0.108. The van der Waals surface area contributed by atoms with Crippen molar-refractivity contribution in [3.05, 3.63) is 35.4 Å². The number of nitrogens with one attached hydrogen (secondary N) is 2. The second-order valence-electron chi connectivity index (χ2n) is 4.55. The number of hydrogen-bond acceptors (Lipinski definition) is 2. The molecule has 1 aromatic carbocycles.